The molecule has 8 nitrogen and oxygen atoms in total. The van der Waals surface area contributed by atoms with Crippen LogP contribution in [0.15, 0.2) is 39.8 Å². The zero-order valence-electron chi connectivity index (χ0n) is 11.7. The van der Waals surface area contributed by atoms with Gasteiger partial charge in [0.25, 0.3) is 11.4 Å². The Morgan fingerprint density at radius 1 is 1.13 bits per heavy atom. The number of aliphatic imine (C=N–C) groups is 1. The molecular weight excluding hydrogens is 370 g/mol. The molecule has 0 N–H and O–H groups in total. The van der Waals surface area contributed by atoms with Crippen LogP contribution < -0.4 is 5.11 Å². The second kappa shape index (κ2) is 6.53. The van der Waals surface area contributed by atoms with Crippen molar-refractivity contribution in [3.05, 3.63) is 66.2 Å². The minimum Gasteiger partial charge on any atom is -0.867 e. The van der Waals surface area contributed by atoms with Crippen LogP contribution in [0.2, 0.25) is 0 Å². The molecule has 0 amide bonds. The third-order valence-corrected chi connectivity index (χ3v) is 3.45. The Morgan fingerprint density at radius 3 is 2.39 bits per heavy atom. The number of aryl methyl sites for hydroxylation is 1. The van der Waals surface area contributed by atoms with Gasteiger partial charge in [0, 0.05) is 28.9 Å². The van der Waals surface area contributed by atoms with Crippen LogP contribution in [-0.2, 0) is 0 Å². The summed E-state index contributed by atoms with van der Waals surface area (Å²) in [6.07, 6.45) is 1.20. The number of nitro benzene ring substituents is 2. The van der Waals surface area contributed by atoms with E-state index in [-0.39, 0.29) is 11.3 Å². The molecule has 2 aromatic carbocycles. The van der Waals surface area contributed by atoms with Gasteiger partial charge in [0.2, 0.25) is 0 Å². The molecule has 0 bridgehead atoms. The van der Waals surface area contributed by atoms with E-state index in [2.05, 4.69) is 20.9 Å². The summed E-state index contributed by atoms with van der Waals surface area (Å²) in [5.41, 5.74) is 0.402. The summed E-state index contributed by atoms with van der Waals surface area (Å²) >= 11 is 3.10. The Kier molecular flexibility index (Phi) is 4.70. The van der Waals surface area contributed by atoms with Crippen molar-refractivity contribution in [3.8, 4) is 5.75 Å². The predicted molar refractivity (Wildman–Crippen MR) is 85.3 cm³/mol. The van der Waals surface area contributed by atoms with Crippen LogP contribution in [0.1, 0.15) is 11.1 Å². The molecule has 0 spiro atoms. The average Bonchev–Trinajstić information content (AvgIpc) is 2.48. The maximum atomic E-state index is 12.0. The summed E-state index contributed by atoms with van der Waals surface area (Å²) in [7, 11) is 0. The lowest BCUT2D eigenvalue weighted by atomic mass is 10.1. The van der Waals surface area contributed by atoms with Gasteiger partial charge in [-0.15, -0.1) is 0 Å². The van der Waals surface area contributed by atoms with Gasteiger partial charge in [0.1, 0.15) is 0 Å². The molecule has 0 saturated carbocycles. The quantitative estimate of drug-likeness (QED) is 0.458. The average molecular weight is 379 g/mol. The van der Waals surface area contributed by atoms with E-state index in [4.69, 9.17) is 0 Å². The maximum Gasteiger partial charge on any atom is 0.269 e. The fourth-order valence-corrected chi connectivity index (χ4v) is 2.33. The highest BCUT2D eigenvalue weighted by Gasteiger charge is 2.11. The van der Waals surface area contributed by atoms with E-state index in [0.717, 1.165) is 6.07 Å². The molecule has 0 aliphatic carbocycles. The van der Waals surface area contributed by atoms with Crippen LogP contribution in [0.4, 0.5) is 17.1 Å². The van der Waals surface area contributed by atoms with Crippen molar-refractivity contribution in [2.75, 3.05) is 0 Å². The number of halogens is 1. The molecule has 0 radical (unpaired) electrons. The molecule has 0 heterocycles. The molecule has 0 aromatic heterocycles. The predicted octanol–water partition coefficient (Wildman–Crippen LogP) is 3.40. The summed E-state index contributed by atoms with van der Waals surface area (Å²) < 4.78 is 0.380. The van der Waals surface area contributed by atoms with E-state index in [9.17, 15) is 25.3 Å². The molecule has 2 aromatic rings. The Bertz CT molecular complexity index is 835. The van der Waals surface area contributed by atoms with Gasteiger partial charge < -0.3 is 5.11 Å². The largest absolute Gasteiger partial charge is 0.867 e. The lowest BCUT2D eigenvalue weighted by Crippen LogP contribution is -2.02. The molecule has 9 heteroatoms. The standard InChI is InChI=1S/C14H10BrN3O5/c1-8-4-11(17(20)21)2-3-12(8)16-7-9-5-10(15)6-13(14(9)19)18(22)23/h2-7,19H,1H3/p-1. The first-order chi connectivity index (χ1) is 10.8. The van der Waals surface area contributed by atoms with Crippen molar-refractivity contribution in [1.82, 2.24) is 0 Å². The molecule has 2 rings (SSSR count). The van der Waals surface area contributed by atoms with Gasteiger partial charge in [-0.2, -0.15) is 0 Å². The van der Waals surface area contributed by atoms with Crippen molar-refractivity contribution >= 4 is 39.2 Å². The monoisotopic (exact) mass is 378 g/mol. The van der Waals surface area contributed by atoms with Crippen molar-refractivity contribution < 1.29 is 15.0 Å². The first kappa shape index (κ1) is 16.6. The summed E-state index contributed by atoms with van der Waals surface area (Å²) in [4.78, 5) is 24.3. The molecule has 23 heavy (non-hydrogen) atoms. The van der Waals surface area contributed by atoms with E-state index in [0.29, 0.717) is 15.7 Å². The topological polar surface area (TPSA) is 122 Å². The highest BCUT2D eigenvalue weighted by molar-refractivity contribution is 9.10. The molecular formula is C14H9BrN3O5-. The number of non-ortho nitro benzene ring substituents is 1. The minimum absolute atomic E-state index is 0.0452. The summed E-state index contributed by atoms with van der Waals surface area (Å²) in [5, 5.41) is 33.5. The minimum atomic E-state index is -0.762. The number of rotatable bonds is 4. The van der Waals surface area contributed by atoms with Gasteiger partial charge in [-0.1, -0.05) is 15.9 Å². The molecule has 0 saturated heterocycles. The number of benzene rings is 2. The summed E-state index contributed by atoms with van der Waals surface area (Å²) in [6.45, 7) is 1.64. The maximum absolute atomic E-state index is 12.0. The highest BCUT2D eigenvalue weighted by Crippen LogP contribution is 2.31. The zero-order valence-corrected chi connectivity index (χ0v) is 13.3. The van der Waals surface area contributed by atoms with Gasteiger partial charge in [-0.3, -0.25) is 25.2 Å². The molecule has 118 valence electrons. The van der Waals surface area contributed by atoms with Crippen LogP contribution in [0.25, 0.3) is 0 Å². The normalized spacial score (nSPS) is 10.9. The van der Waals surface area contributed by atoms with E-state index in [1.807, 2.05) is 0 Å². The molecule has 0 fully saturated rings. The number of hydrogen-bond donors (Lipinski definition) is 0. The van der Waals surface area contributed by atoms with Crippen molar-refractivity contribution in [2.45, 2.75) is 6.92 Å². The van der Waals surface area contributed by atoms with Gasteiger partial charge >= 0.3 is 0 Å². The summed E-state index contributed by atoms with van der Waals surface area (Å²) in [6, 6.07) is 6.63. The lowest BCUT2D eigenvalue weighted by Gasteiger charge is -2.11. The molecule has 0 aliphatic heterocycles. The van der Waals surface area contributed by atoms with Crippen molar-refractivity contribution in [2.24, 2.45) is 4.99 Å². The van der Waals surface area contributed by atoms with Crippen molar-refractivity contribution in [3.63, 3.8) is 0 Å². The van der Waals surface area contributed by atoms with Gasteiger partial charge in [0.05, 0.1) is 15.5 Å². The van der Waals surface area contributed by atoms with Crippen LogP contribution in [-0.4, -0.2) is 16.1 Å². The van der Waals surface area contributed by atoms with Gasteiger partial charge in [-0.25, -0.2) is 0 Å². The fraction of sp³-hybridized carbons (Fsp3) is 0.0714. The molecule has 0 unspecified atom stereocenters. The number of nitrogens with zero attached hydrogens (tertiary/aromatic N) is 3. The Labute approximate surface area is 138 Å². The fourth-order valence-electron chi connectivity index (χ4n) is 1.87. The van der Waals surface area contributed by atoms with Crippen LogP contribution >= 0.6 is 15.9 Å². The third-order valence-electron chi connectivity index (χ3n) is 2.99. The second-order valence-corrected chi connectivity index (χ2v) is 5.50. The highest BCUT2D eigenvalue weighted by atomic mass is 79.9. The van der Waals surface area contributed by atoms with E-state index >= 15 is 0 Å². The Balaban J connectivity index is 2.41. The van der Waals surface area contributed by atoms with Crippen LogP contribution in [0, 0.1) is 27.2 Å². The second-order valence-electron chi connectivity index (χ2n) is 4.59. The van der Waals surface area contributed by atoms with Crippen molar-refractivity contribution in [1.29, 1.82) is 0 Å². The SMILES string of the molecule is Cc1cc([N+](=O)[O-])ccc1N=Cc1cc(Br)cc([N+](=O)[O-])c1[O-]. The number of nitro groups is 2. The first-order valence-corrected chi connectivity index (χ1v) is 7.03. The Morgan fingerprint density at radius 2 is 1.83 bits per heavy atom. The Hall–Kier alpha value is -2.81. The van der Waals surface area contributed by atoms with Crippen LogP contribution in [0.5, 0.6) is 5.75 Å². The van der Waals surface area contributed by atoms with E-state index < -0.39 is 21.3 Å². The smallest absolute Gasteiger partial charge is 0.269 e. The van der Waals surface area contributed by atoms with E-state index in [1.54, 1.807) is 6.92 Å². The zero-order chi connectivity index (χ0) is 17.1. The summed E-state index contributed by atoms with van der Waals surface area (Å²) in [5.74, 6) is -0.749. The van der Waals surface area contributed by atoms with E-state index in [1.165, 1.54) is 30.5 Å². The molecule has 0 aliphatic rings. The van der Waals surface area contributed by atoms with Crippen LogP contribution in [0.3, 0.4) is 0 Å². The lowest BCUT2D eigenvalue weighted by molar-refractivity contribution is -0.398. The molecule has 0 atom stereocenters. The number of hydrogen-bond acceptors (Lipinski definition) is 6. The first-order valence-electron chi connectivity index (χ1n) is 6.23. The van der Waals surface area contributed by atoms with Gasteiger partial charge in [0.15, 0.2) is 0 Å². The van der Waals surface area contributed by atoms with Gasteiger partial charge in [-0.05, 0) is 35.9 Å². The third kappa shape index (κ3) is 3.69.